The number of benzene rings is 2. The number of methoxy groups -OCH3 is 1. The number of carbonyl (C=O) groups excluding carboxylic acids is 1. The predicted molar refractivity (Wildman–Crippen MR) is 110 cm³/mol. The van der Waals surface area contributed by atoms with Gasteiger partial charge < -0.3 is 10.1 Å². The number of nitrogens with zero attached hydrogens (tertiary/aromatic N) is 1. The maximum absolute atomic E-state index is 12.9. The molecule has 0 spiro atoms. The normalized spacial score (nSPS) is 17.9. The molecule has 1 aliphatic rings. The van der Waals surface area contributed by atoms with Crippen molar-refractivity contribution in [3.05, 3.63) is 52.5 Å². The summed E-state index contributed by atoms with van der Waals surface area (Å²) in [6, 6.07) is 11.0. The van der Waals surface area contributed by atoms with E-state index in [0.717, 1.165) is 0 Å². The third-order valence-electron chi connectivity index (χ3n) is 4.64. The minimum atomic E-state index is -3.69. The molecule has 2 aromatic carbocycles. The Labute approximate surface area is 174 Å². The molecule has 3 rings (SSSR count). The number of piperidine rings is 1. The van der Waals surface area contributed by atoms with E-state index in [-0.39, 0.29) is 17.3 Å². The fourth-order valence-electron chi connectivity index (χ4n) is 3.10. The number of carbonyl (C=O) groups is 1. The van der Waals surface area contributed by atoms with Gasteiger partial charge in [-0.15, -0.1) is 0 Å². The summed E-state index contributed by atoms with van der Waals surface area (Å²) in [6.07, 6.45) is 1.19. The van der Waals surface area contributed by atoms with E-state index in [4.69, 9.17) is 27.9 Å². The highest BCUT2D eigenvalue weighted by Crippen LogP contribution is 2.29. The molecular formula is C19H20Cl2N2O4S. The highest BCUT2D eigenvalue weighted by molar-refractivity contribution is 7.89. The summed E-state index contributed by atoms with van der Waals surface area (Å²) in [5.41, 5.74) is 0.411. The van der Waals surface area contributed by atoms with Crippen molar-refractivity contribution < 1.29 is 17.9 Å². The van der Waals surface area contributed by atoms with E-state index in [1.165, 1.54) is 23.5 Å². The minimum absolute atomic E-state index is 0.110. The number of nitrogens with one attached hydrogen (secondary N) is 1. The third-order valence-corrected chi connectivity index (χ3v) is 7.08. The molecule has 0 aliphatic carbocycles. The molecule has 1 fully saturated rings. The molecule has 1 aliphatic heterocycles. The summed E-state index contributed by atoms with van der Waals surface area (Å²) < 4.78 is 32.3. The molecule has 1 saturated heterocycles. The van der Waals surface area contributed by atoms with Gasteiger partial charge in [-0.3, -0.25) is 4.79 Å². The lowest BCUT2D eigenvalue weighted by molar-refractivity contribution is -0.120. The Balaban J connectivity index is 1.73. The van der Waals surface area contributed by atoms with Gasteiger partial charge in [0.2, 0.25) is 15.9 Å². The van der Waals surface area contributed by atoms with Crippen LogP contribution in [-0.2, 0) is 14.8 Å². The molecular weight excluding hydrogens is 423 g/mol. The van der Waals surface area contributed by atoms with Crippen LogP contribution in [0.25, 0.3) is 0 Å². The predicted octanol–water partition coefficient (Wildman–Crippen LogP) is 4.04. The van der Waals surface area contributed by atoms with E-state index >= 15 is 0 Å². The van der Waals surface area contributed by atoms with Crippen molar-refractivity contribution in [3.8, 4) is 5.75 Å². The molecule has 0 radical (unpaired) electrons. The minimum Gasteiger partial charge on any atom is -0.497 e. The number of hydrogen-bond acceptors (Lipinski definition) is 4. The van der Waals surface area contributed by atoms with Gasteiger partial charge in [0.1, 0.15) is 5.75 Å². The van der Waals surface area contributed by atoms with Crippen molar-refractivity contribution in [2.24, 2.45) is 5.92 Å². The second-order valence-electron chi connectivity index (χ2n) is 6.49. The number of sulfonamides is 1. The zero-order valence-corrected chi connectivity index (χ0v) is 17.5. The van der Waals surface area contributed by atoms with E-state index < -0.39 is 15.9 Å². The number of anilines is 1. The quantitative estimate of drug-likeness (QED) is 0.757. The highest BCUT2D eigenvalue weighted by atomic mass is 35.5. The second kappa shape index (κ2) is 8.69. The van der Waals surface area contributed by atoms with Crippen molar-refractivity contribution in [2.75, 3.05) is 25.5 Å². The number of rotatable bonds is 5. The maximum atomic E-state index is 12.9. The van der Waals surface area contributed by atoms with E-state index in [9.17, 15) is 13.2 Å². The Hall–Kier alpha value is -1.80. The van der Waals surface area contributed by atoms with Crippen molar-refractivity contribution in [1.82, 2.24) is 4.31 Å². The van der Waals surface area contributed by atoms with Gasteiger partial charge in [-0.1, -0.05) is 23.2 Å². The van der Waals surface area contributed by atoms with Crippen LogP contribution in [0.2, 0.25) is 10.0 Å². The smallest absolute Gasteiger partial charge is 0.243 e. The maximum Gasteiger partial charge on any atom is 0.243 e. The molecule has 0 aromatic heterocycles. The molecule has 1 N–H and O–H groups in total. The molecule has 1 amide bonds. The Morgan fingerprint density at radius 3 is 2.57 bits per heavy atom. The first kappa shape index (κ1) is 20.9. The van der Waals surface area contributed by atoms with E-state index in [0.29, 0.717) is 40.9 Å². The van der Waals surface area contributed by atoms with Crippen LogP contribution < -0.4 is 10.1 Å². The lowest BCUT2D eigenvalue weighted by atomic mass is 9.99. The van der Waals surface area contributed by atoms with Crippen LogP contribution in [0.5, 0.6) is 5.75 Å². The lowest BCUT2D eigenvalue weighted by Crippen LogP contribution is -2.43. The molecule has 1 atom stereocenters. The van der Waals surface area contributed by atoms with E-state index in [2.05, 4.69) is 5.32 Å². The Morgan fingerprint density at radius 1 is 1.18 bits per heavy atom. The van der Waals surface area contributed by atoms with Gasteiger partial charge in [-0.2, -0.15) is 4.31 Å². The molecule has 28 heavy (non-hydrogen) atoms. The Kier molecular flexibility index (Phi) is 6.50. The summed E-state index contributed by atoms with van der Waals surface area (Å²) >= 11 is 12.0. The largest absolute Gasteiger partial charge is 0.497 e. The second-order valence-corrected chi connectivity index (χ2v) is 9.27. The highest BCUT2D eigenvalue weighted by Gasteiger charge is 2.33. The Morgan fingerprint density at radius 2 is 1.89 bits per heavy atom. The summed E-state index contributed by atoms with van der Waals surface area (Å²) in [5.74, 6) is -0.177. The van der Waals surface area contributed by atoms with Crippen molar-refractivity contribution in [3.63, 3.8) is 0 Å². The summed E-state index contributed by atoms with van der Waals surface area (Å²) in [7, 11) is -2.17. The summed E-state index contributed by atoms with van der Waals surface area (Å²) in [6.45, 7) is 0.481. The first-order valence-electron chi connectivity index (χ1n) is 8.71. The van der Waals surface area contributed by atoms with Crippen LogP contribution in [0.3, 0.4) is 0 Å². The van der Waals surface area contributed by atoms with Gasteiger partial charge in [-0.05, 0) is 55.3 Å². The van der Waals surface area contributed by atoms with Gasteiger partial charge in [0.15, 0.2) is 0 Å². The number of hydrogen-bond donors (Lipinski definition) is 1. The van der Waals surface area contributed by atoms with E-state index in [1.807, 2.05) is 0 Å². The standard InChI is InChI=1S/C19H20Cl2N2O4S/c1-27-15-5-7-16(8-6-15)28(25,26)23-10-2-3-13(12-23)19(24)22-18-11-14(20)4-9-17(18)21/h4-9,11,13H,2-3,10,12H2,1H3,(H,22,24). The van der Waals surface area contributed by atoms with Crippen LogP contribution in [0.4, 0.5) is 5.69 Å². The molecule has 2 aromatic rings. The molecule has 9 heteroatoms. The fourth-order valence-corrected chi connectivity index (χ4v) is 4.96. The monoisotopic (exact) mass is 442 g/mol. The van der Waals surface area contributed by atoms with E-state index in [1.54, 1.807) is 30.3 Å². The van der Waals surface area contributed by atoms with Gasteiger partial charge in [0.25, 0.3) is 0 Å². The zero-order chi connectivity index (χ0) is 20.3. The van der Waals surface area contributed by atoms with Gasteiger partial charge in [0.05, 0.1) is 28.6 Å². The van der Waals surface area contributed by atoms with Crippen LogP contribution in [-0.4, -0.2) is 38.8 Å². The fraction of sp³-hybridized carbons (Fsp3) is 0.316. The van der Waals surface area contributed by atoms with Crippen LogP contribution >= 0.6 is 23.2 Å². The third kappa shape index (κ3) is 4.60. The average molecular weight is 443 g/mol. The average Bonchev–Trinajstić information content (AvgIpc) is 2.71. The number of halogens is 2. The number of amides is 1. The summed E-state index contributed by atoms with van der Waals surface area (Å²) in [5, 5.41) is 3.58. The molecule has 0 saturated carbocycles. The topological polar surface area (TPSA) is 75.7 Å². The molecule has 0 bridgehead atoms. The summed E-state index contributed by atoms with van der Waals surface area (Å²) in [4.78, 5) is 12.8. The van der Waals surface area contributed by atoms with Gasteiger partial charge in [-0.25, -0.2) is 8.42 Å². The van der Waals surface area contributed by atoms with Gasteiger partial charge in [0, 0.05) is 18.1 Å². The lowest BCUT2D eigenvalue weighted by Gasteiger charge is -2.31. The van der Waals surface area contributed by atoms with Crippen molar-refractivity contribution >= 4 is 44.8 Å². The van der Waals surface area contributed by atoms with Crippen LogP contribution in [0.1, 0.15) is 12.8 Å². The van der Waals surface area contributed by atoms with Crippen LogP contribution in [0.15, 0.2) is 47.4 Å². The molecule has 1 unspecified atom stereocenters. The van der Waals surface area contributed by atoms with Crippen LogP contribution in [0, 0.1) is 5.92 Å². The molecule has 6 nitrogen and oxygen atoms in total. The molecule has 1 heterocycles. The zero-order valence-electron chi connectivity index (χ0n) is 15.2. The molecule has 150 valence electrons. The Bertz CT molecular complexity index is 964. The first-order chi connectivity index (χ1) is 13.3. The number of ether oxygens (including phenoxy) is 1. The first-order valence-corrected chi connectivity index (χ1v) is 10.9. The van der Waals surface area contributed by atoms with Crippen molar-refractivity contribution in [1.29, 1.82) is 0 Å². The van der Waals surface area contributed by atoms with Crippen molar-refractivity contribution in [2.45, 2.75) is 17.7 Å². The SMILES string of the molecule is COc1ccc(S(=O)(=O)N2CCCC(C(=O)Nc3cc(Cl)ccc3Cl)C2)cc1. The van der Waals surface area contributed by atoms with Gasteiger partial charge >= 0.3 is 0 Å².